The van der Waals surface area contributed by atoms with Crippen molar-refractivity contribution in [1.29, 1.82) is 0 Å². The number of para-hydroxylation sites is 1. The van der Waals surface area contributed by atoms with E-state index in [1.807, 2.05) is 37.3 Å². The predicted octanol–water partition coefficient (Wildman–Crippen LogP) is 1.99. The summed E-state index contributed by atoms with van der Waals surface area (Å²) in [4.78, 5) is 12.3. The molecule has 3 aromatic rings. The lowest BCUT2D eigenvalue weighted by Crippen LogP contribution is -2.22. The Morgan fingerprint density at radius 1 is 1.17 bits per heavy atom. The van der Waals surface area contributed by atoms with Gasteiger partial charge in [0.15, 0.2) is 5.52 Å². The summed E-state index contributed by atoms with van der Waals surface area (Å²) in [5.41, 5.74) is 1.50. The lowest BCUT2D eigenvalue weighted by molar-refractivity contribution is 0.405. The van der Waals surface area contributed by atoms with Crippen LogP contribution in [0.4, 0.5) is 0 Å². The molecule has 0 bridgehead atoms. The first kappa shape index (κ1) is 10.7. The summed E-state index contributed by atoms with van der Waals surface area (Å²) in [7, 11) is 0. The Kier molecular flexibility index (Phi) is 2.26. The highest BCUT2D eigenvalue weighted by Crippen LogP contribution is 2.17. The molecule has 0 spiro atoms. The summed E-state index contributed by atoms with van der Waals surface area (Å²) in [5, 5.41) is 8.83. The molecule has 0 saturated heterocycles. The number of aromatic nitrogens is 3. The number of rotatable bonds is 1. The molecule has 5 heteroatoms. The zero-order chi connectivity index (χ0) is 12.7. The SMILES string of the molecule is Cc1nn(-c2ccccc2)c(=O)c2noc(C)c12. The Bertz CT molecular complexity index is 772. The van der Waals surface area contributed by atoms with E-state index in [9.17, 15) is 4.79 Å². The fraction of sp³-hybridized carbons (Fsp3) is 0.154. The van der Waals surface area contributed by atoms with Gasteiger partial charge in [-0.1, -0.05) is 23.4 Å². The van der Waals surface area contributed by atoms with Gasteiger partial charge in [-0.3, -0.25) is 4.79 Å². The van der Waals surface area contributed by atoms with Gasteiger partial charge in [-0.2, -0.15) is 9.78 Å². The molecule has 18 heavy (non-hydrogen) atoms. The lowest BCUT2D eigenvalue weighted by Gasteiger charge is -2.05. The van der Waals surface area contributed by atoms with Crippen molar-refractivity contribution < 1.29 is 4.52 Å². The maximum atomic E-state index is 12.3. The van der Waals surface area contributed by atoms with Gasteiger partial charge in [0.1, 0.15) is 5.76 Å². The molecule has 90 valence electrons. The summed E-state index contributed by atoms with van der Waals surface area (Å²) >= 11 is 0. The topological polar surface area (TPSA) is 60.9 Å². The third-order valence-electron chi connectivity index (χ3n) is 2.87. The molecule has 0 radical (unpaired) electrons. The van der Waals surface area contributed by atoms with Gasteiger partial charge in [0, 0.05) is 0 Å². The van der Waals surface area contributed by atoms with Gasteiger partial charge in [0.2, 0.25) is 0 Å². The molecule has 0 saturated carbocycles. The van der Waals surface area contributed by atoms with Crippen molar-refractivity contribution in [1.82, 2.24) is 14.9 Å². The number of hydrogen-bond acceptors (Lipinski definition) is 4. The van der Waals surface area contributed by atoms with Crippen LogP contribution < -0.4 is 5.56 Å². The number of nitrogens with zero attached hydrogens (tertiary/aromatic N) is 3. The van der Waals surface area contributed by atoms with Crippen LogP contribution in [0.25, 0.3) is 16.6 Å². The number of fused-ring (bicyclic) bond motifs is 1. The fourth-order valence-electron chi connectivity index (χ4n) is 2.03. The smallest absolute Gasteiger partial charge is 0.301 e. The minimum absolute atomic E-state index is 0.265. The normalized spacial score (nSPS) is 11.0. The summed E-state index contributed by atoms with van der Waals surface area (Å²) in [5.74, 6) is 0.618. The van der Waals surface area contributed by atoms with E-state index >= 15 is 0 Å². The highest BCUT2D eigenvalue weighted by atomic mass is 16.5. The van der Waals surface area contributed by atoms with Crippen LogP contribution in [-0.2, 0) is 0 Å². The molecule has 1 aromatic carbocycles. The molecule has 0 amide bonds. The molecule has 0 unspecified atom stereocenters. The van der Waals surface area contributed by atoms with Crippen LogP contribution in [-0.4, -0.2) is 14.9 Å². The third kappa shape index (κ3) is 1.44. The summed E-state index contributed by atoms with van der Waals surface area (Å²) in [6, 6.07) is 9.26. The molecule has 0 fully saturated rings. The van der Waals surface area contributed by atoms with Crippen molar-refractivity contribution in [3.05, 3.63) is 52.1 Å². The molecule has 2 aromatic heterocycles. The van der Waals surface area contributed by atoms with E-state index in [-0.39, 0.29) is 5.56 Å². The second-order valence-corrected chi connectivity index (χ2v) is 4.10. The van der Waals surface area contributed by atoms with Gasteiger partial charge in [-0.25, -0.2) is 0 Å². The average molecular weight is 241 g/mol. The number of aryl methyl sites for hydroxylation is 2. The van der Waals surface area contributed by atoms with Crippen LogP contribution in [0.5, 0.6) is 0 Å². The first-order valence-corrected chi connectivity index (χ1v) is 5.60. The highest BCUT2D eigenvalue weighted by molar-refractivity contribution is 5.81. The minimum atomic E-state index is -0.265. The molecule has 2 heterocycles. The maximum absolute atomic E-state index is 12.3. The van der Waals surface area contributed by atoms with Crippen molar-refractivity contribution in [3.8, 4) is 5.69 Å². The molecule has 3 rings (SSSR count). The van der Waals surface area contributed by atoms with E-state index in [4.69, 9.17) is 4.52 Å². The zero-order valence-electron chi connectivity index (χ0n) is 10.0. The quantitative estimate of drug-likeness (QED) is 0.653. The van der Waals surface area contributed by atoms with Crippen LogP contribution in [0.3, 0.4) is 0 Å². The molecule has 5 nitrogen and oxygen atoms in total. The lowest BCUT2D eigenvalue weighted by atomic mass is 10.2. The van der Waals surface area contributed by atoms with E-state index in [0.717, 1.165) is 5.69 Å². The molecule has 0 N–H and O–H groups in total. The number of benzene rings is 1. The number of hydrogen-bond donors (Lipinski definition) is 0. The first-order valence-electron chi connectivity index (χ1n) is 5.60. The van der Waals surface area contributed by atoms with E-state index in [0.29, 0.717) is 22.4 Å². The molecule has 0 aliphatic carbocycles. The largest absolute Gasteiger partial charge is 0.360 e. The minimum Gasteiger partial charge on any atom is -0.360 e. The third-order valence-corrected chi connectivity index (χ3v) is 2.87. The zero-order valence-corrected chi connectivity index (χ0v) is 10.0. The van der Waals surface area contributed by atoms with E-state index in [1.165, 1.54) is 4.68 Å². The van der Waals surface area contributed by atoms with Crippen LogP contribution in [0.1, 0.15) is 11.5 Å². The monoisotopic (exact) mass is 241 g/mol. The summed E-state index contributed by atoms with van der Waals surface area (Å²) in [6.45, 7) is 3.61. The fourth-order valence-corrected chi connectivity index (χ4v) is 2.03. The second kappa shape index (κ2) is 3.80. The van der Waals surface area contributed by atoms with Crippen molar-refractivity contribution in [2.24, 2.45) is 0 Å². The molecule has 0 atom stereocenters. The van der Waals surface area contributed by atoms with Crippen LogP contribution in [0, 0.1) is 13.8 Å². The molecule has 0 aliphatic rings. The molecular formula is C13H11N3O2. The Hall–Kier alpha value is -2.43. The van der Waals surface area contributed by atoms with Crippen molar-refractivity contribution in [2.45, 2.75) is 13.8 Å². The van der Waals surface area contributed by atoms with Gasteiger partial charge < -0.3 is 4.52 Å². The molecular weight excluding hydrogens is 230 g/mol. The van der Waals surface area contributed by atoms with E-state index in [2.05, 4.69) is 10.3 Å². The predicted molar refractivity (Wildman–Crippen MR) is 66.9 cm³/mol. The maximum Gasteiger partial charge on any atom is 0.301 e. The van der Waals surface area contributed by atoms with E-state index in [1.54, 1.807) is 6.92 Å². The Morgan fingerprint density at radius 3 is 2.61 bits per heavy atom. The molecule has 0 aliphatic heterocycles. The van der Waals surface area contributed by atoms with Gasteiger partial charge in [0.05, 0.1) is 16.8 Å². The van der Waals surface area contributed by atoms with Gasteiger partial charge in [-0.05, 0) is 26.0 Å². The highest BCUT2D eigenvalue weighted by Gasteiger charge is 2.15. The van der Waals surface area contributed by atoms with Gasteiger partial charge >= 0.3 is 5.56 Å². The summed E-state index contributed by atoms with van der Waals surface area (Å²) in [6.07, 6.45) is 0. The van der Waals surface area contributed by atoms with Crippen molar-refractivity contribution in [3.63, 3.8) is 0 Å². The Balaban J connectivity index is 2.40. The Morgan fingerprint density at radius 2 is 1.89 bits per heavy atom. The van der Waals surface area contributed by atoms with Crippen LogP contribution in [0.15, 0.2) is 39.6 Å². The van der Waals surface area contributed by atoms with Crippen LogP contribution >= 0.6 is 0 Å². The van der Waals surface area contributed by atoms with E-state index < -0.39 is 0 Å². The van der Waals surface area contributed by atoms with Crippen molar-refractivity contribution in [2.75, 3.05) is 0 Å². The average Bonchev–Trinajstić information content (AvgIpc) is 2.78. The van der Waals surface area contributed by atoms with Gasteiger partial charge in [0.25, 0.3) is 0 Å². The van der Waals surface area contributed by atoms with Gasteiger partial charge in [-0.15, -0.1) is 0 Å². The first-order chi connectivity index (χ1) is 8.68. The van der Waals surface area contributed by atoms with Crippen LogP contribution in [0.2, 0.25) is 0 Å². The Labute approximate surface area is 103 Å². The van der Waals surface area contributed by atoms with Crippen molar-refractivity contribution >= 4 is 10.9 Å². The summed E-state index contributed by atoms with van der Waals surface area (Å²) < 4.78 is 6.41. The second-order valence-electron chi connectivity index (χ2n) is 4.10. The standard InChI is InChI=1S/C13H11N3O2/c1-8-11-9(2)18-15-12(11)13(17)16(14-8)10-6-4-3-5-7-10/h3-7H,1-2H3.